The molecule has 0 unspecified atom stereocenters. The standard InChI is InChI=1S/2Na.2Sn.6H/q2*+1;;;;;;;2*-1. The predicted octanol–water partition coefficient (Wildman–Crippen LogP) is -7.60. The molecule has 0 fully saturated rings. The van der Waals surface area contributed by atoms with Crippen molar-refractivity contribution in [2.45, 2.75) is 0 Å². The first-order valence-corrected chi connectivity index (χ1v) is 0. The van der Waals surface area contributed by atoms with E-state index in [9.17, 15) is 0 Å². The zero-order valence-electron chi connectivity index (χ0n) is 5.41. The summed E-state index contributed by atoms with van der Waals surface area (Å²) in [6.45, 7) is 0. The van der Waals surface area contributed by atoms with Crippen LogP contribution in [0.15, 0.2) is 0 Å². The van der Waals surface area contributed by atoms with E-state index in [1.807, 2.05) is 0 Å². The van der Waals surface area contributed by atoms with Crippen molar-refractivity contribution in [1.82, 2.24) is 0 Å². The monoisotopic (exact) mass is 292 g/mol. The van der Waals surface area contributed by atoms with Gasteiger partial charge in [-0.15, -0.1) is 0 Å². The summed E-state index contributed by atoms with van der Waals surface area (Å²) in [4.78, 5) is 0. The Morgan fingerprint density at radius 1 is 0.750 bits per heavy atom. The Balaban J connectivity index is 0. The van der Waals surface area contributed by atoms with E-state index in [-0.39, 0.29) is 110 Å². The maximum atomic E-state index is 0. The van der Waals surface area contributed by atoms with E-state index < -0.39 is 0 Å². The summed E-state index contributed by atoms with van der Waals surface area (Å²) in [6.07, 6.45) is 0. The van der Waals surface area contributed by atoms with E-state index in [2.05, 4.69) is 0 Å². The minimum absolute atomic E-state index is 0. The van der Waals surface area contributed by atoms with E-state index in [1.54, 1.807) is 0 Å². The number of rotatable bonds is 0. The van der Waals surface area contributed by atoms with Crippen LogP contribution in [-0.2, 0) is 0 Å². The summed E-state index contributed by atoms with van der Waals surface area (Å²) < 4.78 is 0. The molecule has 0 rings (SSSR count). The molecule has 16 valence electrons. The SMILES string of the molecule is [H-].[H-].[Na+].[Na+].[SnH2].[SnH2]. The Labute approximate surface area is 107 Å². The molecule has 4 heavy (non-hydrogen) atoms. The first kappa shape index (κ1) is 25.6. The fourth-order valence-electron chi connectivity index (χ4n) is 0. The molecular formula is H6Na2Sn2. The van der Waals surface area contributed by atoms with Gasteiger partial charge >= 0.3 is 107 Å². The zero-order valence-corrected chi connectivity index (χ0v) is 15.5. The first-order chi connectivity index (χ1) is 0. The van der Waals surface area contributed by atoms with Crippen molar-refractivity contribution in [2.24, 2.45) is 0 Å². The molecule has 0 N–H and O–H groups in total. The van der Waals surface area contributed by atoms with E-state index >= 15 is 0 Å². The van der Waals surface area contributed by atoms with Crippen LogP contribution >= 0.6 is 0 Å². The summed E-state index contributed by atoms with van der Waals surface area (Å²) in [5, 5.41) is 0. The van der Waals surface area contributed by atoms with Gasteiger partial charge in [0.1, 0.15) is 0 Å². The van der Waals surface area contributed by atoms with Gasteiger partial charge in [0.15, 0.2) is 0 Å². The van der Waals surface area contributed by atoms with Crippen LogP contribution in [0.3, 0.4) is 0 Å². The summed E-state index contributed by atoms with van der Waals surface area (Å²) >= 11 is 0. The van der Waals surface area contributed by atoms with Crippen molar-refractivity contribution < 1.29 is 62.0 Å². The molecule has 0 atom stereocenters. The topological polar surface area (TPSA) is 0 Å². The third kappa shape index (κ3) is 9.14. The Bertz CT molecular complexity index is 9.51. The van der Waals surface area contributed by atoms with Gasteiger partial charge in [0.05, 0.1) is 0 Å². The second kappa shape index (κ2) is 16.0. The molecule has 0 spiro atoms. The molecular weight excluding hydrogens is 283 g/mol. The molecule has 0 aliphatic rings. The second-order valence-electron chi connectivity index (χ2n) is 0. The van der Waals surface area contributed by atoms with E-state index in [4.69, 9.17) is 0 Å². The molecule has 0 bridgehead atoms. The Kier molecular flexibility index (Phi) is 102. The van der Waals surface area contributed by atoms with Gasteiger partial charge in [-0.1, -0.05) is 0 Å². The van der Waals surface area contributed by atoms with Crippen LogP contribution in [0.2, 0.25) is 0 Å². The fourth-order valence-corrected chi connectivity index (χ4v) is 0. The molecule has 4 heteroatoms. The number of hydrogen-bond acceptors (Lipinski definition) is 0. The molecule has 0 saturated carbocycles. The molecule has 4 radical (unpaired) electrons. The zero-order chi connectivity index (χ0) is 0. The summed E-state index contributed by atoms with van der Waals surface area (Å²) in [5.74, 6) is 0. The molecule has 0 aromatic rings. The third-order valence-corrected chi connectivity index (χ3v) is 0. The van der Waals surface area contributed by atoms with E-state index in [0.717, 1.165) is 0 Å². The molecule has 0 aromatic carbocycles. The van der Waals surface area contributed by atoms with Crippen LogP contribution < -0.4 is 59.1 Å². The van der Waals surface area contributed by atoms with Crippen LogP contribution in [0.5, 0.6) is 0 Å². The third-order valence-electron chi connectivity index (χ3n) is 0. The Hall–Kier alpha value is 3.60. The van der Waals surface area contributed by atoms with Crippen molar-refractivity contribution in [3.05, 3.63) is 0 Å². The quantitative estimate of drug-likeness (QED) is 0.389. The molecule has 0 saturated heterocycles. The summed E-state index contributed by atoms with van der Waals surface area (Å²) in [6, 6.07) is 0. The van der Waals surface area contributed by atoms with E-state index in [1.165, 1.54) is 0 Å². The molecule has 0 amide bonds. The average Bonchev–Trinajstić information content (AvgIpc) is 0. The van der Waals surface area contributed by atoms with Gasteiger partial charge in [0.2, 0.25) is 0 Å². The molecule has 0 aliphatic heterocycles. The minimum atomic E-state index is 0. The van der Waals surface area contributed by atoms with Crippen molar-refractivity contribution in [2.75, 3.05) is 0 Å². The van der Waals surface area contributed by atoms with Gasteiger partial charge in [0, 0.05) is 0 Å². The van der Waals surface area contributed by atoms with Crippen LogP contribution in [0.25, 0.3) is 0 Å². The van der Waals surface area contributed by atoms with Gasteiger partial charge in [-0.05, 0) is 0 Å². The fraction of sp³-hybridized carbons (Fsp3) is 0. The van der Waals surface area contributed by atoms with Crippen molar-refractivity contribution >= 4 is 47.8 Å². The van der Waals surface area contributed by atoms with Crippen LogP contribution in [0.1, 0.15) is 2.85 Å². The van der Waals surface area contributed by atoms with Gasteiger partial charge in [0.25, 0.3) is 0 Å². The number of hydrogen-bond donors (Lipinski definition) is 0. The molecule has 0 aromatic heterocycles. The second-order valence-corrected chi connectivity index (χ2v) is 0. The Morgan fingerprint density at radius 3 is 0.750 bits per heavy atom. The summed E-state index contributed by atoms with van der Waals surface area (Å²) in [5.41, 5.74) is 0. The van der Waals surface area contributed by atoms with Crippen molar-refractivity contribution in [3.63, 3.8) is 0 Å². The van der Waals surface area contributed by atoms with Gasteiger partial charge in [-0.3, -0.25) is 0 Å². The van der Waals surface area contributed by atoms with Gasteiger partial charge < -0.3 is 2.85 Å². The van der Waals surface area contributed by atoms with Gasteiger partial charge in [-0.25, -0.2) is 0 Å². The molecule has 0 nitrogen and oxygen atoms in total. The Morgan fingerprint density at radius 2 is 0.750 bits per heavy atom. The van der Waals surface area contributed by atoms with Crippen LogP contribution in [0, 0.1) is 0 Å². The van der Waals surface area contributed by atoms with Crippen molar-refractivity contribution in [1.29, 1.82) is 0 Å². The predicted molar refractivity (Wildman–Crippen MR) is 19.3 cm³/mol. The average molecular weight is 289 g/mol. The molecule has 0 aliphatic carbocycles. The van der Waals surface area contributed by atoms with Crippen molar-refractivity contribution in [3.8, 4) is 0 Å². The molecule has 0 heterocycles. The normalized spacial score (nSPS) is 0. The maximum absolute atomic E-state index is 0. The van der Waals surface area contributed by atoms with Crippen LogP contribution in [-0.4, -0.2) is 47.8 Å². The van der Waals surface area contributed by atoms with Gasteiger partial charge in [-0.2, -0.15) is 0 Å². The van der Waals surface area contributed by atoms with Crippen LogP contribution in [0.4, 0.5) is 0 Å². The first-order valence-electron chi connectivity index (χ1n) is 0. The summed E-state index contributed by atoms with van der Waals surface area (Å²) in [7, 11) is 0. The van der Waals surface area contributed by atoms with E-state index in [0.29, 0.717) is 0 Å².